The van der Waals surface area contributed by atoms with E-state index in [9.17, 15) is 19.5 Å². The number of allylic oxidation sites excluding steroid dienone is 2. The molecule has 2 aromatic rings. The van der Waals surface area contributed by atoms with Crippen LogP contribution in [0, 0.1) is 23.7 Å². The molecule has 1 saturated heterocycles. The zero-order chi connectivity index (χ0) is 20.1. The Bertz CT molecular complexity index is 1020. The summed E-state index contributed by atoms with van der Waals surface area (Å²) in [6.45, 7) is 0.411. The van der Waals surface area contributed by atoms with Gasteiger partial charge >= 0.3 is 5.97 Å². The van der Waals surface area contributed by atoms with Crippen LogP contribution in [0.4, 0.5) is 11.4 Å². The summed E-state index contributed by atoms with van der Waals surface area (Å²) < 4.78 is 0. The van der Waals surface area contributed by atoms with Gasteiger partial charge in [0.25, 0.3) is 0 Å². The van der Waals surface area contributed by atoms with Crippen molar-refractivity contribution >= 4 is 29.2 Å². The zero-order valence-corrected chi connectivity index (χ0v) is 15.5. The van der Waals surface area contributed by atoms with Crippen LogP contribution in [0.3, 0.4) is 0 Å². The predicted octanol–water partition coefficient (Wildman–Crippen LogP) is 2.70. The maximum Gasteiger partial charge on any atom is 0.337 e. The number of aromatic carboxylic acids is 1. The quantitative estimate of drug-likeness (QED) is 0.603. The molecule has 7 heteroatoms. The van der Waals surface area contributed by atoms with Gasteiger partial charge < -0.3 is 10.4 Å². The number of fused-ring (bicyclic) bond motifs is 5. The number of nitrogens with one attached hydrogen (secondary N) is 1. The molecule has 1 aromatic heterocycles. The van der Waals surface area contributed by atoms with Crippen LogP contribution in [0.5, 0.6) is 0 Å². The number of aromatic nitrogens is 1. The summed E-state index contributed by atoms with van der Waals surface area (Å²) in [7, 11) is 0. The van der Waals surface area contributed by atoms with Crippen molar-refractivity contribution < 1.29 is 19.5 Å². The molecule has 29 heavy (non-hydrogen) atoms. The van der Waals surface area contributed by atoms with Crippen LogP contribution in [0.25, 0.3) is 0 Å². The maximum absolute atomic E-state index is 13.0. The van der Waals surface area contributed by atoms with E-state index in [1.807, 2.05) is 24.3 Å². The predicted molar refractivity (Wildman–Crippen MR) is 105 cm³/mol. The van der Waals surface area contributed by atoms with Crippen LogP contribution < -0.4 is 10.2 Å². The highest BCUT2D eigenvalue weighted by Crippen LogP contribution is 2.53. The van der Waals surface area contributed by atoms with Gasteiger partial charge in [0.15, 0.2) is 0 Å². The van der Waals surface area contributed by atoms with Gasteiger partial charge in [-0.25, -0.2) is 9.69 Å². The minimum absolute atomic E-state index is 0.0187. The molecular weight excluding hydrogens is 370 g/mol. The van der Waals surface area contributed by atoms with E-state index >= 15 is 0 Å². The number of amides is 2. The lowest BCUT2D eigenvalue weighted by atomic mass is 9.85. The van der Waals surface area contributed by atoms with Gasteiger partial charge in [-0.15, -0.1) is 0 Å². The molecule has 0 radical (unpaired) electrons. The molecule has 2 aliphatic carbocycles. The van der Waals surface area contributed by atoms with Crippen molar-refractivity contribution in [2.75, 3.05) is 10.2 Å². The standard InChI is InChI=1S/C22H19N3O4/c26-20-18-13-3-4-14(8-13)19(18)21(27)25(20)15-5-6-17(16(9-15)22(28)29)24-11-12-2-1-7-23-10-12/h1-7,9-10,13-14,18-19,24H,8,11H2,(H,28,29)/t13-,14-,18-,19+/m0/s1. The number of carboxylic acids is 1. The molecule has 2 N–H and O–H groups in total. The van der Waals surface area contributed by atoms with E-state index < -0.39 is 5.97 Å². The first-order valence-corrected chi connectivity index (χ1v) is 9.61. The number of benzene rings is 1. The normalized spacial score (nSPS) is 26.8. The van der Waals surface area contributed by atoms with E-state index in [0.29, 0.717) is 17.9 Å². The Labute approximate surface area is 167 Å². The monoisotopic (exact) mass is 389 g/mol. The molecule has 2 amide bonds. The summed E-state index contributed by atoms with van der Waals surface area (Å²) in [4.78, 5) is 43.0. The second kappa shape index (κ2) is 6.55. The lowest BCUT2D eigenvalue weighted by Gasteiger charge is -2.19. The third-order valence-electron chi connectivity index (χ3n) is 6.17. The molecule has 4 atom stereocenters. The van der Waals surface area contributed by atoms with Gasteiger partial charge in [-0.05, 0) is 48.1 Å². The van der Waals surface area contributed by atoms with E-state index in [2.05, 4.69) is 10.3 Å². The van der Waals surface area contributed by atoms with Gasteiger partial charge in [-0.1, -0.05) is 18.2 Å². The molecule has 5 rings (SSSR count). The van der Waals surface area contributed by atoms with Gasteiger partial charge in [-0.3, -0.25) is 14.6 Å². The highest BCUT2D eigenvalue weighted by atomic mass is 16.4. The molecule has 7 nitrogen and oxygen atoms in total. The van der Waals surface area contributed by atoms with Crippen LogP contribution in [0.15, 0.2) is 54.9 Å². The van der Waals surface area contributed by atoms with Crippen molar-refractivity contribution in [2.24, 2.45) is 23.7 Å². The van der Waals surface area contributed by atoms with Crippen molar-refractivity contribution in [3.8, 4) is 0 Å². The van der Waals surface area contributed by atoms with E-state index in [1.165, 1.54) is 11.0 Å². The fourth-order valence-corrected chi connectivity index (χ4v) is 4.86. The summed E-state index contributed by atoms with van der Waals surface area (Å²) in [6, 6.07) is 8.33. The molecule has 1 saturated carbocycles. The van der Waals surface area contributed by atoms with E-state index in [1.54, 1.807) is 24.5 Å². The van der Waals surface area contributed by atoms with Gasteiger partial charge in [0, 0.05) is 24.6 Å². The first-order valence-electron chi connectivity index (χ1n) is 9.61. The SMILES string of the molecule is O=C(O)c1cc(N2C(=O)[C@@H]3[C@H](C2=O)[C@H]2C=C[C@H]3C2)ccc1NCc1cccnc1. The van der Waals surface area contributed by atoms with Crippen molar-refractivity contribution in [3.63, 3.8) is 0 Å². The van der Waals surface area contributed by atoms with Crippen LogP contribution in [-0.2, 0) is 16.1 Å². The Balaban J connectivity index is 1.43. The van der Waals surface area contributed by atoms with Crippen molar-refractivity contribution in [2.45, 2.75) is 13.0 Å². The molecule has 3 aliphatic rings. The molecule has 2 fully saturated rings. The molecule has 2 bridgehead atoms. The topological polar surface area (TPSA) is 99.6 Å². The van der Waals surface area contributed by atoms with Crippen LogP contribution in [0.1, 0.15) is 22.3 Å². The molecule has 1 aromatic carbocycles. The second-order valence-corrected chi connectivity index (χ2v) is 7.76. The van der Waals surface area contributed by atoms with Crippen molar-refractivity contribution in [1.82, 2.24) is 4.98 Å². The fourth-order valence-electron chi connectivity index (χ4n) is 4.86. The van der Waals surface area contributed by atoms with Gasteiger partial charge in [0.05, 0.1) is 23.1 Å². The zero-order valence-electron chi connectivity index (χ0n) is 15.5. The Morgan fingerprint density at radius 2 is 1.86 bits per heavy atom. The van der Waals surface area contributed by atoms with E-state index in [-0.39, 0.29) is 41.0 Å². The highest BCUT2D eigenvalue weighted by molar-refractivity contribution is 6.23. The minimum atomic E-state index is -1.12. The fraction of sp³-hybridized carbons (Fsp3) is 0.273. The lowest BCUT2D eigenvalue weighted by molar-refractivity contribution is -0.123. The van der Waals surface area contributed by atoms with Gasteiger partial charge in [0.1, 0.15) is 0 Å². The van der Waals surface area contributed by atoms with Gasteiger partial charge in [-0.2, -0.15) is 0 Å². The first-order chi connectivity index (χ1) is 14.0. The maximum atomic E-state index is 13.0. The number of imide groups is 1. The molecule has 2 heterocycles. The summed E-state index contributed by atoms with van der Waals surface area (Å²) in [5.74, 6) is -1.95. The van der Waals surface area contributed by atoms with Crippen molar-refractivity contribution in [1.29, 1.82) is 0 Å². The number of carboxylic acid groups (broad SMARTS) is 1. The molecule has 0 unspecified atom stereocenters. The second-order valence-electron chi connectivity index (χ2n) is 7.76. The summed E-state index contributed by atoms with van der Waals surface area (Å²) >= 11 is 0. The Kier molecular flexibility index (Phi) is 3.97. The summed E-state index contributed by atoms with van der Waals surface area (Å²) in [6.07, 6.45) is 8.30. The molecule has 1 aliphatic heterocycles. The number of carbonyl (C=O) groups is 3. The van der Waals surface area contributed by atoms with Crippen LogP contribution in [-0.4, -0.2) is 27.9 Å². The van der Waals surface area contributed by atoms with Crippen molar-refractivity contribution in [3.05, 3.63) is 66.0 Å². The minimum Gasteiger partial charge on any atom is -0.478 e. The largest absolute Gasteiger partial charge is 0.478 e. The number of anilines is 2. The number of hydrogen-bond donors (Lipinski definition) is 2. The van der Waals surface area contributed by atoms with Crippen LogP contribution >= 0.6 is 0 Å². The Morgan fingerprint density at radius 3 is 2.48 bits per heavy atom. The average molecular weight is 389 g/mol. The number of pyridine rings is 1. The molecule has 0 spiro atoms. The van der Waals surface area contributed by atoms with E-state index in [0.717, 1.165) is 12.0 Å². The Hall–Kier alpha value is -3.48. The number of hydrogen-bond acceptors (Lipinski definition) is 5. The third kappa shape index (κ3) is 2.73. The van der Waals surface area contributed by atoms with Gasteiger partial charge in [0.2, 0.25) is 11.8 Å². The molecular formula is C22H19N3O4. The smallest absolute Gasteiger partial charge is 0.337 e. The average Bonchev–Trinajstić information content (AvgIpc) is 3.41. The number of carbonyl (C=O) groups excluding carboxylic acids is 2. The number of nitrogens with zero attached hydrogens (tertiary/aromatic N) is 2. The summed E-state index contributed by atoms with van der Waals surface area (Å²) in [5.41, 5.74) is 1.67. The lowest BCUT2D eigenvalue weighted by Crippen LogP contribution is -2.33. The highest BCUT2D eigenvalue weighted by Gasteiger charge is 2.59. The van der Waals surface area contributed by atoms with E-state index in [4.69, 9.17) is 0 Å². The number of rotatable bonds is 5. The molecule has 146 valence electrons. The third-order valence-corrected chi connectivity index (χ3v) is 6.17. The Morgan fingerprint density at radius 1 is 1.14 bits per heavy atom. The first kappa shape index (κ1) is 17.6. The van der Waals surface area contributed by atoms with Crippen LogP contribution in [0.2, 0.25) is 0 Å². The summed E-state index contributed by atoms with van der Waals surface area (Å²) in [5, 5.41) is 12.8.